The van der Waals surface area contributed by atoms with Crippen molar-refractivity contribution in [2.45, 2.75) is 22.9 Å². The van der Waals surface area contributed by atoms with Crippen LogP contribution in [0.3, 0.4) is 0 Å². The van der Waals surface area contributed by atoms with Crippen LogP contribution in [-0.2, 0) is 16.4 Å². The van der Waals surface area contributed by atoms with Gasteiger partial charge in [0.05, 0.1) is 35.0 Å². The van der Waals surface area contributed by atoms with Crippen LogP contribution in [0.1, 0.15) is 5.56 Å². The molecule has 8 nitrogen and oxygen atoms in total. The van der Waals surface area contributed by atoms with Crippen LogP contribution in [0.5, 0.6) is 11.6 Å². The number of fused-ring (bicyclic) bond motifs is 1. The molecular formula is C22H17F2N3O5S. The van der Waals surface area contributed by atoms with Gasteiger partial charge in [0.2, 0.25) is 15.7 Å². The minimum absolute atomic E-state index is 0.109. The van der Waals surface area contributed by atoms with Gasteiger partial charge in [-0.25, -0.2) is 18.1 Å². The molecule has 33 heavy (non-hydrogen) atoms. The summed E-state index contributed by atoms with van der Waals surface area (Å²) in [5, 5.41) is 4.74. The summed E-state index contributed by atoms with van der Waals surface area (Å²) < 4.78 is 61.5. The highest BCUT2D eigenvalue weighted by Crippen LogP contribution is 2.26. The van der Waals surface area contributed by atoms with Crippen molar-refractivity contribution in [3.05, 3.63) is 82.9 Å². The Balaban J connectivity index is 1.67. The van der Waals surface area contributed by atoms with Gasteiger partial charge in [0, 0.05) is 17.6 Å². The number of hydrogen-bond acceptors (Lipinski definition) is 7. The van der Waals surface area contributed by atoms with E-state index >= 15 is 0 Å². The molecule has 4 rings (SSSR count). The first-order valence-electron chi connectivity index (χ1n) is 9.57. The van der Waals surface area contributed by atoms with Crippen molar-refractivity contribution in [1.82, 2.24) is 14.8 Å². The van der Waals surface area contributed by atoms with Crippen LogP contribution >= 0.6 is 0 Å². The van der Waals surface area contributed by atoms with E-state index in [0.717, 1.165) is 11.6 Å². The van der Waals surface area contributed by atoms with Gasteiger partial charge < -0.3 is 9.47 Å². The van der Waals surface area contributed by atoms with Crippen molar-refractivity contribution in [1.29, 1.82) is 0 Å². The van der Waals surface area contributed by atoms with Gasteiger partial charge in [-0.2, -0.15) is 13.9 Å². The number of rotatable bonds is 7. The molecule has 0 N–H and O–H groups in total. The normalized spacial score (nSPS) is 11.6. The van der Waals surface area contributed by atoms with Crippen molar-refractivity contribution < 1.29 is 26.7 Å². The van der Waals surface area contributed by atoms with Gasteiger partial charge in [0.25, 0.3) is 5.56 Å². The molecule has 0 saturated carbocycles. The number of ether oxygens (including phenoxy) is 2. The van der Waals surface area contributed by atoms with Crippen molar-refractivity contribution >= 4 is 20.6 Å². The van der Waals surface area contributed by atoms with Crippen LogP contribution in [0.25, 0.3) is 10.8 Å². The fourth-order valence-electron chi connectivity index (χ4n) is 3.20. The van der Waals surface area contributed by atoms with E-state index in [0.29, 0.717) is 11.3 Å². The monoisotopic (exact) mass is 473 g/mol. The predicted octanol–water partition coefficient (Wildman–Crippen LogP) is 3.28. The second-order valence-corrected chi connectivity index (χ2v) is 8.87. The minimum atomic E-state index is -4.05. The van der Waals surface area contributed by atoms with Gasteiger partial charge in [-0.3, -0.25) is 4.79 Å². The summed E-state index contributed by atoms with van der Waals surface area (Å²) in [4.78, 5) is 16.6. The Morgan fingerprint density at radius 2 is 1.82 bits per heavy atom. The number of pyridine rings is 1. The number of benzene rings is 2. The van der Waals surface area contributed by atoms with Crippen molar-refractivity contribution in [2.24, 2.45) is 0 Å². The summed E-state index contributed by atoms with van der Waals surface area (Å²) in [6.45, 7) is -2.91. The molecule has 0 aliphatic heterocycles. The lowest BCUT2D eigenvalue weighted by molar-refractivity contribution is -0.0499. The summed E-state index contributed by atoms with van der Waals surface area (Å²) in [6.07, 6.45) is 2.96. The summed E-state index contributed by atoms with van der Waals surface area (Å²) in [5.74, 6) is 0.169. The van der Waals surface area contributed by atoms with Crippen LogP contribution in [0, 0.1) is 0 Å². The molecule has 2 heterocycles. The molecule has 4 aromatic rings. The second-order valence-electron chi connectivity index (χ2n) is 6.92. The van der Waals surface area contributed by atoms with Gasteiger partial charge in [-0.15, -0.1) is 0 Å². The third-order valence-corrected chi connectivity index (χ3v) is 6.56. The molecule has 0 amide bonds. The smallest absolute Gasteiger partial charge is 0.387 e. The molecule has 0 aliphatic rings. The molecule has 2 aromatic heterocycles. The quantitative estimate of drug-likeness (QED) is 0.406. The molecule has 2 aromatic carbocycles. The van der Waals surface area contributed by atoms with Crippen molar-refractivity contribution in [3.63, 3.8) is 0 Å². The van der Waals surface area contributed by atoms with Crippen LogP contribution in [0.15, 0.2) is 81.6 Å². The van der Waals surface area contributed by atoms with E-state index < -0.39 is 22.0 Å². The van der Waals surface area contributed by atoms with Gasteiger partial charge in [0.1, 0.15) is 5.75 Å². The zero-order valence-corrected chi connectivity index (χ0v) is 18.0. The van der Waals surface area contributed by atoms with E-state index in [9.17, 15) is 22.0 Å². The van der Waals surface area contributed by atoms with E-state index in [4.69, 9.17) is 4.74 Å². The van der Waals surface area contributed by atoms with E-state index in [1.54, 1.807) is 18.3 Å². The van der Waals surface area contributed by atoms with Gasteiger partial charge >= 0.3 is 6.61 Å². The molecule has 0 spiro atoms. The lowest BCUT2D eigenvalue weighted by Crippen LogP contribution is -2.23. The number of methoxy groups -OCH3 is 1. The predicted molar refractivity (Wildman–Crippen MR) is 114 cm³/mol. The topological polar surface area (TPSA) is 100 Å². The largest absolute Gasteiger partial charge is 0.481 e. The lowest BCUT2D eigenvalue weighted by atomic mass is 10.2. The molecule has 0 bridgehead atoms. The number of halogens is 2. The number of nitrogens with zero attached hydrogens (tertiary/aromatic N) is 3. The van der Waals surface area contributed by atoms with Crippen molar-refractivity contribution in [2.75, 3.05) is 7.11 Å². The number of sulfone groups is 1. The SMILES string of the molecule is COc1ccc(Cn2ncc3cc(S(=O)(=O)c4cccc(OC(F)F)c4)ccc3c2=O)cn1. The standard InChI is InChI=1S/C22H17F2N3O5S/c1-31-20-8-5-14(11-25-20)13-27-21(28)19-7-6-18(9-15(19)12-26-27)33(29,30)17-4-2-3-16(10-17)32-22(23)24/h2-12,22H,13H2,1H3. The maximum atomic E-state index is 13.0. The number of aromatic nitrogens is 3. The summed E-state index contributed by atoms with van der Waals surface area (Å²) >= 11 is 0. The van der Waals surface area contributed by atoms with Crippen LogP contribution in [0.4, 0.5) is 8.78 Å². The Morgan fingerprint density at radius 1 is 1.03 bits per heavy atom. The maximum absolute atomic E-state index is 13.0. The molecule has 0 aliphatic carbocycles. The number of alkyl halides is 2. The average molecular weight is 473 g/mol. The van der Waals surface area contributed by atoms with E-state index in [-0.39, 0.29) is 27.5 Å². The highest BCUT2D eigenvalue weighted by Gasteiger charge is 2.20. The highest BCUT2D eigenvalue weighted by atomic mass is 32.2. The van der Waals surface area contributed by atoms with Gasteiger partial charge in [-0.05, 0) is 42.0 Å². The van der Waals surface area contributed by atoms with E-state index in [1.165, 1.54) is 54.4 Å². The van der Waals surface area contributed by atoms with Crippen LogP contribution in [-0.4, -0.2) is 36.9 Å². The molecule has 0 atom stereocenters. The van der Waals surface area contributed by atoms with Gasteiger partial charge in [0.15, 0.2) is 0 Å². The summed E-state index contributed by atoms with van der Waals surface area (Å²) in [7, 11) is -2.55. The third-order valence-electron chi connectivity index (χ3n) is 4.81. The molecule has 0 radical (unpaired) electrons. The molecule has 170 valence electrons. The van der Waals surface area contributed by atoms with Crippen LogP contribution in [0.2, 0.25) is 0 Å². The Kier molecular flexibility index (Phi) is 6.05. The first-order valence-corrected chi connectivity index (χ1v) is 11.0. The second kappa shape index (κ2) is 8.94. The third kappa shape index (κ3) is 4.67. The first kappa shape index (κ1) is 22.3. The van der Waals surface area contributed by atoms with E-state index in [2.05, 4.69) is 14.8 Å². The number of hydrogen-bond donors (Lipinski definition) is 0. The zero-order valence-electron chi connectivity index (χ0n) is 17.2. The fourth-order valence-corrected chi connectivity index (χ4v) is 4.53. The molecular weight excluding hydrogens is 456 g/mol. The summed E-state index contributed by atoms with van der Waals surface area (Å²) in [6, 6.07) is 12.3. The highest BCUT2D eigenvalue weighted by molar-refractivity contribution is 7.91. The molecule has 11 heteroatoms. The first-order chi connectivity index (χ1) is 15.8. The van der Waals surface area contributed by atoms with Crippen LogP contribution < -0.4 is 15.0 Å². The lowest BCUT2D eigenvalue weighted by Gasteiger charge is -2.10. The summed E-state index contributed by atoms with van der Waals surface area (Å²) in [5.41, 5.74) is 0.328. The molecule has 0 unspecified atom stereocenters. The Morgan fingerprint density at radius 3 is 2.52 bits per heavy atom. The molecule has 0 saturated heterocycles. The van der Waals surface area contributed by atoms with Crippen molar-refractivity contribution in [3.8, 4) is 11.6 Å². The van der Waals surface area contributed by atoms with Gasteiger partial charge in [-0.1, -0.05) is 12.1 Å². The zero-order chi connectivity index (χ0) is 23.6. The minimum Gasteiger partial charge on any atom is -0.481 e. The maximum Gasteiger partial charge on any atom is 0.387 e. The fraction of sp³-hybridized carbons (Fsp3) is 0.136. The Labute approximate surface area is 187 Å². The Hall–Kier alpha value is -3.86. The van der Waals surface area contributed by atoms with E-state index in [1.807, 2.05) is 0 Å². The Bertz CT molecular complexity index is 1470. The average Bonchev–Trinajstić information content (AvgIpc) is 2.81. The molecule has 0 fully saturated rings.